The van der Waals surface area contributed by atoms with Crippen molar-refractivity contribution in [1.29, 1.82) is 0 Å². The van der Waals surface area contributed by atoms with Crippen LogP contribution in [0.15, 0.2) is 91.3 Å². The van der Waals surface area contributed by atoms with Gasteiger partial charge in [-0.25, -0.2) is 9.67 Å². The lowest BCUT2D eigenvalue weighted by Gasteiger charge is -2.12. The Morgan fingerprint density at radius 2 is 1.69 bits per heavy atom. The number of methoxy groups -OCH3 is 2. The number of nitrogens with one attached hydrogen (secondary N) is 1. The summed E-state index contributed by atoms with van der Waals surface area (Å²) in [7, 11) is 3.25. The number of rotatable bonds is 8. The minimum atomic E-state index is -0.213. The van der Waals surface area contributed by atoms with Crippen LogP contribution in [-0.2, 0) is 13.0 Å². The Hall–Kier alpha value is -4.65. The summed E-state index contributed by atoms with van der Waals surface area (Å²) in [6, 6.07) is 25.5. The van der Waals surface area contributed by atoms with Crippen LogP contribution in [0.2, 0.25) is 0 Å². The van der Waals surface area contributed by atoms with Gasteiger partial charge in [0.1, 0.15) is 11.5 Å². The molecule has 7 nitrogen and oxygen atoms in total. The van der Waals surface area contributed by atoms with Gasteiger partial charge < -0.3 is 14.8 Å². The quantitative estimate of drug-likeness (QED) is 0.326. The molecule has 0 aliphatic heterocycles. The highest BCUT2D eigenvalue weighted by Crippen LogP contribution is 2.26. The first-order chi connectivity index (χ1) is 17.6. The summed E-state index contributed by atoms with van der Waals surface area (Å²) in [6.45, 7) is 0.474. The summed E-state index contributed by atoms with van der Waals surface area (Å²) in [5.41, 5.74) is 5.12. The highest BCUT2D eigenvalue weighted by Gasteiger charge is 2.14. The Balaban J connectivity index is 1.35. The van der Waals surface area contributed by atoms with Crippen LogP contribution < -0.4 is 14.8 Å². The third kappa shape index (κ3) is 4.90. The van der Waals surface area contributed by atoms with E-state index < -0.39 is 0 Å². The molecular formula is C29H26N4O3. The maximum atomic E-state index is 13.1. The summed E-state index contributed by atoms with van der Waals surface area (Å²) in [5, 5.41) is 8.32. The summed E-state index contributed by atoms with van der Waals surface area (Å²) in [5.74, 6) is 1.22. The lowest BCUT2D eigenvalue weighted by Crippen LogP contribution is -2.14. The van der Waals surface area contributed by atoms with Gasteiger partial charge in [-0.05, 0) is 41.8 Å². The lowest BCUT2D eigenvalue weighted by molar-refractivity contribution is 0.102. The van der Waals surface area contributed by atoms with Crippen molar-refractivity contribution in [2.45, 2.75) is 13.0 Å². The number of aromatic nitrogens is 3. The molecule has 0 spiro atoms. The third-order valence-electron chi connectivity index (χ3n) is 6.06. The Bertz CT molecular complexity index is 1510. The van der Waals surface area contributed by atoms with Gasteiger partial charge in [0.25, 0.3) is 5.91 Å². The average Bonchev–Trinajstić information content (AvgIpc) is 3.32. The number of para-hydroxylation sites is 1. The molecule has 36 heavy (non-hydrogen) atoms. The zero-order valence-corrected chi connectivity index (χ0v) is 20.1. The molecule has 0 atom stereocenters. The molecule has 1 N–H and O–H groups in total. The van der Waals surface area contributed by atoms with Crippen molar-refractivity contribution >= 4 is 22.6 Å². The van der Waals surface area contributed by atoms with E-state index in [0.29, 0.717) is 23.5 Å². The van der Waals surface area contributed by atoms with E-state index in [-0.39, 0.29) is 5.91 Å². The Morgan fingerprint density at radius 3 is 2.50 bits per heavy atom. The van der Waals surface area contributed by atoms with Crippen molar-refractivity contribution in [3.63, 3.8) is 0 Å². The fourth-order valence-corrected chi connectivity index (χ4v) is 4.16. The van der Waals surface area contributed by atoms with Crippen molar-refractivity contribution < 1.29 is 14.3 Å². The number of amides is 1. The van der Waals surface area contributed by atoms with Gasteiger partial charge in [0.2, 0.25) is 0 Å². The van der Waals surface area contributed by atoms with E-state index in [4.69, 9.17) is 9.47 Å². The fraction of sp³-hybridized carbons (Fsp3) is 0.138. The second-order valence-electron chi connectivity index (χ2n) is 8.39. The van der Waals surface area contributed by atoms with Crippen molar-refractivity contribution in [3.8, 4) is 11.5 Å². The van der Waals surface area contributed by atoms with Crippen molar-refractivity contribution in [1.82, 2.24) is 14.8 Å². The molecule has 2 aromatic heterocycles. The minimum Gasteiger partial charge on any atom is -0.497 e. The number of hydrogen-bond donors (Lipinski definition) is 1. The lowest BCUT2D eigenvalue weighted by atomic mass is 10.0. The summed E-state index contributed by atoms with van der Waals surface area (Å²) in [6.07, 6.45) is 4.04. The molecule has 5 rings (SSSR count). The highest BCUT2D eigenvalue weighted by atomic mass is 16.5. The van der Waals surface area contributed by atoms with Crippen LogP contribution in [-0.4, -0.2) is 34.9 Å². The van der Waals surface area contributed by atoms with Crippen molar-refractivity contribution in [2.75, 3.05) is 19.5 Å². The van der Waals surface area contributed by atoms with E-state index in [1.54, 1.807) is 31.3 Å². The van der Waals surface area contributed by atoms with Crippen molar-refractivity contribution in [3.05, 3.63) is 114 Å². The smallest absolute Gasteiger partial charge is 0.257 e. The van der Waals surface area contributed by atoms with E-state index in [0.717, 1.165) is 34.4 Å². The molecule has 1 amide bonds. The molecule has 5 aromatic rings. The fourth-order valence-electron chi connectivity index (χ4n) is 4.16. The van der Waals surface area contributed by atoms with Crippen molar-refractivity contribution in [2.24, 2.45) is 0 Å². The van der Waals surface area contributed by atoms with Gasteiger partial charge in [0, 0.05) is 28.9 Å². The molecular weight excluding hydrogens is 452 g/mol. The zero-order valence-electron chi connectivity index (χ0n) is 20.1. The van der Waals surface area contributed by atoms with E-state index in [2.05, 4.69) is 27.5 Å². The number of nitrogens with zero attached hydrogens (tertiary/aromatic N) is 3. The van der Waals surface area contributed by atoms with Gasteiger partial charge in [-0.2, -0.15) is 5.10 Å². The molecule has 3 aromatic carbocycles. The molecule has 0 saturated heterocycles. The predicted molar refractivity (Wildman–Crippen MR) is 140 cm³/mol. The van der Waals surface area contributed by atoms with Gasteiger partial charge in [0.05, 0.1) is 32.5 Å². The van der Waals surface area contributed by atoms with Gasteiger partial charge in [0.15, 0.2) is 5.65 Å². The predicted octanol–water partition coefficient (Wildman–Crippen LogP) is 5.34. The normalized spacial score (nSPS) is 10.8. The maximum Gasteiger partial charge on any atom is 0.257 e. The number of carbonyl (C=O) groups is 1. The number of carbonyl (C=O) groups excluding carboxylic acids is 1. The molecule has 0 unspecified atom stereocenters. The van der Waals surface area contributed by atoms with Crippen LogP contribution in [0.1, 0.15) is 27.0 Å². The second kappa shape index (κ2) is 10.3. The van der Waals surface area contributed by atoms with Crippen LogP contribution in [0.5, 0.6) is 11.5 Å². The molecule has 0 aliphatic rings. The van der Waals surface area contributed by atoms with Gasteiger partial charge >= 0.3 is 0 Å². The number of fused-ring (bicyclic) bond motifs is 1. The van der Waals surface area contributed by atoms with Gasteiger partial charge in [-0.1, -0.05) is 48.5 Å². The Kier molecular flexibility index (Phi) is 6.62. The molecule has 180 valence electrons. The van der Waals surface area contributed by atoms with E-state index in [1.165, 1.54) is 5.56 Å². The topological polar surface area (TPSA) is 78.3 Å². The summed E-state index contributed by atoms with van der Waals surface area (Å²) >= 11 is 0. The molecule has 0 radical (unpaired) electrons. The number of hydrogen-bond acceptors (Lipinski definition) is 5. The number of benzene rings is 3. The minimum absolute atomic E-state index is 0.213. The third-order valence-corrected chi connectivity index (χ3v) is 6.06. The van der Waals surface area contributed by atoms with Crippen LogP contribution in [0.3, 0.4) is 0 Å². The van der Waals surface area contributed by atoms with Gasteiger partial charge in [-0.15, -0.1) is 0 Å². The van der Waals surface area contributed by atoms with Crippen LogP contribution in [0.4, 0.5) is 5.69 Å². The first-order valence-electron chi connectivity index (χ1n) is 11.6. The molecule has 0 aliphatic carbocycles. The second-order valence-corrected chi connectivity index (χ2v) is 8.39. The number of anilines is 1. The van der Waals surface area contributed by atoms with Crippen LogP contribution in [0, 0.1) is 0 Å². The molecule has 0 saturated carbocycles. The van der Waals surface area contributed by atoms with Crippen LogP contribution in [0.25, 0.3) is 11.0 Å². The SMILES string of the molecule is COc1ccc(Cn2ncc3cc(C(=O)Nc4ccccc4Cc4ccccc4)cnc32)c(OC)c1. The first kappa shape index (κ1) is 23.1. The first-order valence-corrected chi connectivity index (χ1v) is 11.6. The van der Waals surface area contributed by atoms with Gasteiger partial charge in [-0.3, -0.25) is 4.79 Å². The molecule has 7 heteroatoms. The highest BCUT2D eigenvalue weighted by molar-refractivity contribution is 6.06. The Morgan fingerprint density at radius 1 is 0.889 bits per heavy atom. The summed E-state index contributed by atoms with van der Waals surface area (Å²) in [4.78, 5) is 17.7. The molecule has 2 heterocycles. The van der Waals surface area contributed by atoms with E-state index in [9.17, 15) is 4.79 Å². The van der Waals surface area contributed by atoms with E-state index in [1.807, 2.05) is 66.7 Å². The average molecular weight is 479 g/mol. The molecule has 0 bridgehead atoms. The monoisotopic (exact) mass is 478 g/mol. The Labute approximate surface area is 209 Å². The standard InChI is InChI=1S/C29H26N4O3/c1-35-25-13-12-22(27(16-25)36-2)19-33-28-23(18-31-33)15-24(17-30-28)29(34)32-26-11-7-6-10-21(26)14-20-8-4-3-5-9-20/h3-13,15-18H,14,19H2,1-2H3,(H,32,34). The maximum absolute atomic E-state index is 13.1. The van der Waals surface area contributed by atoms with Crippen LogP contribution >= 0.6 is 0 Å². The number of pyridine rings is 1. The largest absolute Gasteiger partial charge is 0.497 e. The number of ether oxygens (including phenoxy) is 2. The molecule has 0 fully saturated rings. The van der Waals surface area contributed by atoms with E-state index >= 15 is 0 Å². The summed E-state index contributed by atoms with van der Waals surface area (Å²) < 4.78 is 12.6. The zero-order chi connectivity index (χ0) is 24.9.